The summed E-state index contributed by atoms with van der Waals surface area (Å²) in [6, 6.07) is 0. The molecule has 1 N–H and O–H groups in total. The van der Waals surface area contributed by atoms with Gasteiger partial charge >= 0.3 is 0 Å². The molecule has 0 saturated carbocycles. The van der Waals surface area contributed by atoms with Gasteiger partial charge < -0.3 is 10.2 Å². The van der Waals surface area contributed by atoms with Crippen LogP contribution in [0.4, 0.5) is 0 Å². The smallest absolute Gasteiger partial charge is 0.239 e. The second kappa shape index (κ2) is 6.40. The predicted octanol–water partition coefficient (Wildman–Crippen LogP) is 0.627. The van der Waals surface area contributed by atoms with E-state index in [0.717, 1.165) is 0 Å². The molecular weight excluding hydrogens is 180 g/mol. The Labute approximate surface area is 85.7 Å². The highest BCUT2D eigenvalue weighted by atomic mass is 16.2. The van der Waals surface area contributed by atoms with Gasteiger partial charge in [-0.15, -0.1) is 0 Å². The molecule has 0 heterocycles. The maximum atomic E-state index is 11.6. The van der Waals surface area contributed by atoms with Crippen molar-refractivity contribution in [1.82, 2.24) is 10.2 Å². The van der Waals surface area contributed by atoms with Crippen LogP contribution in [0.2, 0.25) is 0 Å². The van der Waals surface area contributed by atoms with Gasteiger partial charge in [0.15, 0.2) is 0 Å². The van der Waals surface area contributed by atoms with Gasteiger partial charge in [0.25, 0.3) is 0 Å². The lowest BCUT2D eigenvalue weighted by atomic mass is 10.2. The Morgan fingerprint density at radius 1 is 1.29 bits per heavy atom. The van der Waals surface area contributed by atoms with Crippen LogP contribution in [-0.2, 0) is 9.59 Å². The molecule has 82 valence electrons. The number of carbonyl (C=O) groups excluding carboxylic acids is 2. The average molecular weight is 200 g/mol. The summed E-state index contributed by atoms with van der Waals surface area (Å²) in [5, 5.41) is 2.67. The quantitative estimate of drug-likeness (QED) is 0.707. The zero-order valence-electron chi connectivity index (χ0n) is 9.46. The van der Waals surface area contributed by atoms with Crippen LogP contribution in [-0.4, -0.2) is 36.3 Å². The first-order valence-electron chi connectivity index (χ1n) is 5.08. The third kappa shape index (κ3) is 4.25. The van der Waals surface area contributed by atoms with Gasteiger partial charge in [0.2, 0.25) is 11.8 Å². The summed E-state index contributed by atoms with van der Waals surface area (Å²) in [7, 11) is 0. The molecule has 0 spiro atoms. The molecule has 0 aliphatic heterocycles. The molecule has 0 unspecified atom stereocenters. The van der Waals surface area contributed by atoms with Crippen molar-refractivity contribution < 1.29 is 9.59 Å². The highest BCUT2D eigenvalue weighted by molar-refractivity contribution is 5.85. The van der Waals surface area contributed by atoms with Gasteiger partial charge in [-0.3, -0.25) is 9.59 Å². The minimum atomic E-state index is -0.0941. The van der Waals surface area contributed by atoms with E-state index in [1.165, 1.54) is 0 Å². The number of rotatable bonds is 5. The highest BCUT2D eigenvalue weighted by Gasteiger charge is 2.17. The molecule has 0 fully saturated rings. The molecule has 0 atom stereocenters. The SMILES string of the molecule is CCNC(=O)CN(CC)C(=O)C(C)C. The lowest BCUT2D eigenvalue weighted by molar-refractivity contribution is -0.138. The fraction of sp³-hybridized carbons (Fsp3) is 0.800. The molecule has 0 aromatic heterocycles. The average Bonchev–Trinajstić information content (AvgIpc) is 2.13. The third-order valence-corrected chi connectivity index (χ3v) is 1.90. The first-order valence-corrected chi connectivity index (χ1v) is 5.08. The molecule has 0 rings (SSSR count). The Kier molecular flexibility index (Phi) is 5.92. The lowest BCUT2D eigenvalue weighted by Crippen LogP contribution is -2.42. The molecular formula is C10H20N2O2. The van der Waals surface area contributed by atoms with E-state index in [1.54, 1.807) is 4.90 Å². The fourth-order valence-electron chi connectivity index (χ4n) is 1.14. The van der Waals surface area contributed by atoms with Gasteiger partial charge in [0, 0.05) is 19.0 Å². The summed E-state index contributed by atoms with van der Waals surface area (Å²) in [6.45, 7) is 8.76. The van der Waals surface area contributed by atoms with Gasteiger partial charge in [0.1, 0.15) is 0 Å². The van der Waals surface area contributed by atoms with Crippen LogP contribution in [0.3, 0.4) is 0 Å². The monoisotopic (exact) mass is 200 g/mol. The van der Waals surface area contributed by atoms with Crippen molar-refractivity contribution in [3.8, 4) is 0 Å². The first-order chi connectivity index (χ1) is 6.52. The molecule has 0 saturated heterocycles. The van der Waals surface area contributed by atoms with Crippen LogP contribution in [0.15, 0.2) is 0 Å². The standard InChI is InChI=1S/C10H20N2O2/c1-5-11-9(13)7-12(6-2)10(14)8(3)4/h8H,5-7H2,1-4H3,(H,11,13). The van der Waals surface area contributed by atoms with Crippen molar-refractivity contribution >= 4 is 11.8 Å². The Bertz CT molecular complexity index is 202. The summed E-state index contributed by atoms with van der Waals surface area (Å²) in [5.41, 5.74) is 0. The van der Waals surface area contributed by atoms with Gasteiger partial charge in [-0.25, -0.2) is 0 Å². The maximum absolute atomic E-state index is 11.6. The van der Waals surface area contributed by atoms with Gasteiger partial charge in [-0.1, -0.05) is 13.8 Å². The summed E-state index contributed by atoms with van der Waals surface area (Å²) in [5.74, 6) is -0.119. The van der Waals surface area contributed by atoms with E-state index < -0.39 is 0 Å². The van der Waals surface area contributed by atoms with E-state index in [-0.39, 0.29) is 24.3 Å². The Morgan fingerprint density at radius 2 is 1.86 bits per heavy atom. The number of carbonyl (C=O) groups is 2. The number of likely N-dealkylation sites (N-methyl/N-ethyl adjacent to an activating group) is 2. The van der Waals surface area contributed by atoms with Crippen molar-refractivity contribution in [2.75, 3.05) is 19.6 Å². The van der Waals surface area contributed by atoms with Crippen LogP contribution < -0.4 is 5.32 Å². The van der Waals surface area contributed by atoms with Gasteiger partial charge in [-0.2, -0.15) is 0 Å². The van der Waals surface area contributed by atoms with E-state index in [1.807, 2.05) is 27.7 Å². The number of hydrogen-bond acceptors (Lipinski definition) is 2. The molecule has 14 heavy (non-hydrogen) atoms. The zero-order valence-corrected chi connectivity index (χ0v) is 9.46. The Balaban J connectivity index is 4.15. The summed E-state index contributed by atoms with van der Waals surface area (Å²) in [4.78, 5) is 24.4. The maximum Gasteiger partial charge on any atom is 0.239 e. The summed E-state index contributed by atoms with van der Waals surface area (Å²) in [6.07, 6.45) is 0. The molecule has 4 heteroatoms. The predicted molar refractivity (Wildman–Crippen MR) is 55.8 cm³/mol. The van der Waals surface area contributed by atoms with Crippen molar-refractivity contribution in [3.63, 3.8) is 0 Å². The topological polar surface area (TPSA) is 49.4 Å². The minimum absolute atomic E-state index is 0.0266. The van der Waals surface area contributed by atoms with Crippen LogP contribution in [0.1, 0.15) is 27.7 Å². The molecule has 0 radical (unpaired) electrons. The normalized spacial score (nSPS) is 10.1. The number of amides is 2. The largest absolute Gasteiger partial charge is 0.355 e. The van der Waals surface area contributed by atoms with Crippen LogP contribution >= 0.6 is 0 Å². The van der Waals surface area contributed by atoms with Crippen molar-refractivity contribution in [2.45, 2.75) is 27.7 Å². The minimum Gasteiger partial charge on any atom is -0.355 e. The summed E-state index contributed by atoms with van der Waals surface area (Å²) >= 11 is 0. The van der Waals surface area contributed by atoms with Crippen molar-refractivity contribution in [3.05, 3.63) is 0 Å². The van der Waals surface area contributed by atoms with Crippen molar-refractivity contribution in [1.29, 1.82) is 0 Å². The van der Waals surface area contributed by atoms with Gasteiger partial charge in [-0.05, 0) is 13.8 Å². The molecule has 4 nitrogen and oxygen atoms in total. The molecule has 0 aromatic carbocycles. The van der Waals surface area contributed by atoms with E-state index >= 15 is 0 Å². The van der Waals surface area contributed by atoms with E-state index in [0.29, 0.717) is 13.1 Å². The van der Waals surface area contributed by atoms with Gasteiger partial charge in [0.05, 0.1) is 6.54 Å². The first kappa shape index (κ1) is 12.9. The Morgan fingerprint density at radius 3 is 2.21 bits per heavy atom. The molecule has 0 aliphatic carbocycles. The van der Waals surface area contributed by atoms with Crippen LogP contribution in [0, 0.1) is 5.92 Å². The summed E-state index contributed by atoms with van der Waals surface area (Å²) < 4.78 is 0. The van der Waals surface area contributed by atoms with E-state index in [4.69, 9.17) is 0 Å². The van der Waals surface area contributed by atoms with E-state index in [9.17, 15) is 9.59 Å². The van der Waals surface area contributed by atoms with Crippen LogP contribution in [0.5, 0.6) is 0 Å². The third-order valence-electron chi connectivity index (χ3n) is 1.90. The second-order valence-corrected chi connectivity index (χ2v) is 3.46. The fourth-order valence-corrected chi connectivity index (χ4v) is 1.14. The second-order valence-electron chi connectivity index (χ2n) is 3.46. The zero-order chi connectivity index (χ0) is 11.1. The van der Waals surface area contributed by atoms with E-state index in [2.05, 4.69) is 5.32 Å². The van der Waals surface area contributed by atoms with Crippen LogP contribution in [0.25, 0.3) is 0 Å². The molecule has 0 aromatic rings. The molecule has 2 amide bonds. The number of hydrogen-bond donors (Lipinski definition) is 1. The lowest BCUT2D eigenvalue weighted by Gasteiger charge is -2.22. The number of nitrogens with zero attached hydrogens (tertiary/aromatic N) is 1. The number of nitrogens with one attached hydrogen (secondary N) is 1. The van der Waals surface area contributed by atoms with Crippen molar-refractivity contribution in [2.24, 2.45) is 5.92 Å². The molecule has 0 aliphatic rings. The highest BCUT2D eigenvalue weighted by Crippen LogP contribution is 2.00. The Hall–Kier alpha value is -1.06. The molecule has 0 bridgehead atoms.